The molecule has 1 saturated heterocycles. The maximum Gasteiger partial charge on any atom is 0.255 e. The number of likely N-dealkylation sites (N-methyl/N-ethyl adjacent to an activating group) is 3. The highest BCUT2D eigenvalue weighted by molar-refractivity contribution is 7.80. The standard InChI is InChI=1S/C9H15N3O2S/c1-4-11-7(13)6(10-3)8(14)12(5-2)9(11)15/h6,10H,4-5H2,1-3H3. The number of thiocarbonyl (C=S) groups is 1. The van der Waals surface area contributed by atoms with Crippen LogP contribution in [0.5, 0.6) is 0 Å². The number of nitrogens with one attached hydrogen (secondary N) is 1. The molecule has 0 bridgehead atoms. The van der Waals surface area contributed by atoms with Gasteiger partial charge in [0.1, 0.15) is 0 Å². The molecule has 5 nitrogen and oxygen atoms in total. The van der Waals surface area contributed by atoms with Crippen molar-refractivity contribution in [3.63, 3.8) is 0 Å². The first kappa shape index (κ1) is 12.1. The van der Waals surface area contributed by atoms with Crippen LogP contribution >= 0.6 is 12.2 Å². The lowest BCUT2D eigenvalue weighted by molar-refractivity contribution is -0.143. The highest BCUT2D eigenvalue weighted by Crippen LogP contribution is 2.12. The fraction of sp³-hybridized carbons (Fsp3) is 0.667. The fourth-order valence-electron chi connectivity index (χ4n) is 1.58. The van der Waals surface area contributed by atoms with Crippen molar-refractivity contribution in [2.75, 3.05) is 20.1 Å². The van der Waals surface area contributed by atoms with E-state index in [4.69, 9.17) is 12.2 Å². The third kappa shape index (κ3) is 1.87. The van der Waals surface area contributed by atoms with E-state index in [0.717, 1.165) is 0 Å². The monoisotopic (exact) mass is 229 g/mol. The molecule has 15 heavy (non-hydrogen) atoms. The Morgan fingerprint density at radius 1 is 1.20 bits per heavy atom. The van der Waals surface area contributed by atoms with Gasteiger partial charge in [0.25, 0.3) is 11.8 Å². The van der Waals surface area contributed by atoms with Crippen LogP contribution in [0.4, 0.5) is 0 Å². The molecule has 0 aliphatic carbocycles. The summed E-state index contributed by atoms with van der Waals surface area (Å²) in [5, 5.41) is 3.02. The van der Waals surface area contributed by atoms with E-state index < -0.39 is 6.04 Å². The Labute approximate surface area is 94.4 Å². The van der Waals surface area contributed by atoms with Gasteiger partial charge in [-0.15, -0.1) is 0 Å². The quantitative estimate of drug-likeness (QED) is 0.527. The Morgan fingerprint density at radius 3 is 1.87 bits per heavy atom. The molecule has 0 spiro atoms. The summed E-state index contributed by atoms with van der Waals surface area (Å²) in [7, 11) is 1.59. The van der Waals surface area contributed by atoms with Crippen LogP contribution in [0, 0.1) is 0 Å². The molecule has 1 N–H and O–H groups in total. The average molecular weight is 229 g/mol. The molecule has 0 aromatic carbocycles. The molecule has 1 aliphatic heterocycles. The number of rotatable bonds is 3. The van der Waals surface area contributed by atoms with Gasteiger partial charge in [-0.1, -0.05) is 0 Å². The largest absolute Gasteiger partial charge is 0.301 e. The highest BCUT2D eigenvalue weighted by Gasteiger charge is 2.41. The third-order valence-corrected chi connectivity index (χ3v) is 2.85. The van der Waals surface area contributed by atoms with Crippen LogP contribution in [0.1, 0.15) is 13.8 Å². The second-order valence-electron chi connectivity index (χ2n) is 3.17. The predicted octanol–water partition coefficient (Wildman–Crippen LogP) is -0.430. The maximum atomic E-state index is 11.8. The Hall–Kier alpha value is -1.01. The zero-order valence-electron chi connectivity index (χ0n) is 9.11. The van der Waals surface area contributed by atoms with Crippen molar-refractivity contribution in [3.8, 4) is 0 Å². The van der Waals surface area contributed by atoms with Gasteiger partial charge >= 0.3 is 0 Å². The maximum absolute atomic E-state index is 11.8. The van der Waals surface area contributed by atoms with E-state index in [2.05, 4.69) is 5.32 Å². The van der Waals surface area contributed by atoms with Crippen molar-refractivity contribution >= 4 is 29.1 Å². The number of hydrogen-bond donors (Lipinski definition) is 1. The van der Waals surface area contributed by atoms with Crippen LogP contribution in [-0.4, -0.2) is 52.9 Å². The van der Waals surface area contributed by atoms with Gasteiger partial charge in [0.05, 0.1) is 0 Å². The minimum atomic E-state index is -0.795. The normalized spacial score (nSPS) is 19.0. The van der Waals surface area contributed by atoms with E-state index in [1.165, 1.54) is 9.80 Å². The van der Waals surface area contributed by atoms with Gasteiger partial charge in [-0.2, -0.15) is 0 Å². The molecule has 1 rings (SSSR count). The third-order valence-electron chi connectivity index (χ3n) is 2.41. The van der Waals surface area contributed by atoms with E-state index in [1.807, 2.05) is 13.8 Å². The van der Waals surface area contributed by atoms with Crippen LogP contribution in [0.15, 0.2) is 0 Å². The van der Waals surface area contributed by atoms with Crippen LogP contribution in [0.25, 0.3) is 0 Å². The summed E-state index contributed by atoms with van der Waals surface area (Å²) in [6, 6.07) is -0.795. The van der Waals surface area contributed by atoms with Gasteiger partial charge in [0.2, 0.25) is 0 Å². The summed E-state index contributed by atoms with van der Waals surface area (Å²) >= 11 is 5.08. The number of amides is 2. The average Bonchev–Trinajstić information content (AvgIpc) is 2.19. The van der Waals surface area contributed by atoms with Crippen LogP contribution < -0.4 is 5.32 Å². The zero-order valence-corrected chi connectivity index (χ0v) is 9.93. The van der Waals surface area contributed by atoms with E-state index >= 15 is 0 Å². The summed E-state index contributed by atoms with van der Waals surface area (Å²) in [6.45, 7) is 4.64. The molecule has 84 valence electrons. The molecule has 0 aromatic heterocycles. The summed E-state index contributed by atoms with van der Waals surface area (Å²) in [4.78, 5) is 26.5. The van der Waals surface area contributed by atoms with Crippen molar-refractivity contribution in [1.29, 1.82) is 0 Å². The Kier molecular flexibility index (Phi) is 3.76. The van der Waals surface area contributed by atoms with Gasteiger partial charge in [-0.3, -0.25) is 19.4 Å². The first-order chi connectivity index (χ1) is 7.08. The molecule has 1 fully saturated rings. The first-order valence-electron chi connectivity index (χ1n) is 4.92. The number of carbonyl (C=O) groups excluding carboxylic acids is 2. The van der Waals surface area contributed by atoms with E-state index in [1.54, 1.807) is 7.05 Å². The molecular formula is C9H15N3O2S. The lowest BCUT2D eigenvalue weighted by Crippen LogP contribution is -2.65. The highest BCUT2D eigenvalue weighted by atomic mass is 32.1. The van der Waals surface area contributed by atoms with E-state index in [0.29, 0.717) is 18.2 Å². The molecule has 6 heteroatoms. The van der Waals surface area contributed by atoms with E-state index in [9.17, 15) is 9.59 Å². The number of carbonyl (C=O) groups is 2. The topological polar surface area (TPSA) is 52.7 Å². The zero-order chi connectivity index (χ0) is 11.6. The first-order valence-corrected chi connectivity index (χ1v) is 5.33. The Balaban J connectivity index is 3.03. The molecule has 0 aromatic rings. The Morgan fingerprint density at radius 2 is 1.60 bits per heavy atom. The molecule has 1 aliphatic rings. The van der Waals surface area contributed by atoms with E-state index in [-0.39, 0.29) is 11.8 Å². The van der Waals surface area contributed by atoms with Crippen LogP contribution in [0.2, 0.25) is 0 Å². The molecule has 0 saturated carbocycles. The minimum Gasteiger partial charge on any atom is -0.301 e. The van der Waals surface area contributed by atoms with Gasteiger partial charge < -0.3 is 5.32 Å². The number of nitrogens with zero attached hydrogens (tertiary/aromatic N) is 2. The lowest BCUT2D eigenvalue weighted by Gasteiger charge is -2.38. The Bertz CT molecular complexity index is 240. The summed E-state index contributed by atoms with van der Waals surface area (Å²) in [5.74, 6) is -0.528. The molecule has 0 atom stereocenters. The van der Waals surface area contributed by atoms with Gasteiger partial charge in [0.15, 0.2) is 11.2 Å². The summed E-state index contributed by atoms with van der Waals surface area (Å²) < 4.78 is 0. The molecule has 0 unspecified atom stereocenters. The van der Waals surface area contributed by atoms with Crippen molar-refractivity contribution in [2.45, 2.75) is 19.9 Å². The van der Waals surface area contributed by atoms with Crippen LogP contribution in [-0.2, 0) is 9.59 Å². The SMILES string of the molecule is CCN1C(=O)C(NC)C(=O)N(CC)C1=S. The second kappa shape index (κ2) is 4.67. The molecule has 0 radical (unpaired) electrons. The van der Waals surface area contributed by atoms with Crippen molar-refractivity contribution < 1.29 is 9.59 Å². The van der Waals surface area contributed by atoms with Gasteiger partial charge in [0, 0.05) is 13.1 Å². The summed E-state index contributed by atoms with van der Waals surface area (Å²) in [5.41, 5.74) is 0. The molecule has 2 amide bonds. The predicted molar refractivity (Wildman–Crippen MR) is 60.2 cm³/mol. The van der Waals surface area contributed by atoms with Crippen molar-refractivity contribution in [3.05, 3.63) is 0 Å². The lowest BCUT2D eigenvalue weighted by atomic mass is 10.1. The second-order valence-corrected chi connectivity index (χ2v) is 3.53. The van der Waals surface area contributed by atoms with Crippen molar-refractivity contribution in [1.82, 2.24) is 15.1 Å². The van der Waals surface area contributed by atoms with Crippen LogP contribution in [0.3, 0.4) is 0 Å². The van der Waals surface area contributed by atoms with Gasteiger partial charge in [-0.05, 0) is 33.1 Å². The summed E-state index contributed by atoms with van der Waals surface area (Å²) in [6.07, 6.45) is 0. The smallest absolute Gasteiger partial charge is 0.255 e. The van der Waals surface area contributed by atoms with Gasteiger partial charge in [-0.25, -0.2) is 0 Å². The fourth-order valence-corrected chi connectivity index (χ4v) is 2.02. The molecule has 1 heterocycles. The number of hydrogen-bond acceptors (Lipinski definition) is 4. The van der Waals surface area contributed by atoms with Crippen molar-refractivity contribution in [2.24, 2.45) is 0 Å². The molecular weight excluding hydrogens is 214 g/mol. The minimum absolute atomic E-state index is 0.264.